The summed E-state index contributed by atoms with van der Waals surface area (Å²) in [6.07, 6.45) is 6.67. The van der Waals surface area contributed by atoms with E-state index in [4.69, 9.17) is 10.1 Å². The molecule has 3 aliphatic rings. The second kappa shape index (κ2) is 7.60. The van der Waals surface area contributed by atoms with Crippen molar-refractivity contribution in [1.29, 1.82) is 5.41 Å². The summed E-state index contributed by atoms with van der Waals surface area (Å²) in [7, 11) is 1.74. The number of anilines is 4. The highest BCUT2D eigenvalue weighted by atomic mass is 16.5. The highest BCUT2D eigenvalue weighted by Gasteiger charge is 2.57. The van der Waals surface area contributed by atoms with Gasteiger partial charge in [0.15, 0.2) is 0 Å². The predicted molar refractivity (Wildman–Crippen MR) is 120 cm³/mol. The number of rotatable bonds is 7. The predicted octanol–water partition coefficient (Wildman–Crippen LogP) is 3.23. The van der Waals surface area contributed by atoms with Crippen LogP contribution in [0.25, 0.3) is 0 Å². The van der Waals surface area contributed by atoms with Crippen LogP contribution in [0, 0.1) is 16.7 Å². The average molecular weight is 421 g/mol. The van der Waals surface area contributed by atoms with Crippen molar-refractivity contribution >= 4 is 34.6 Å². The summed E-state index contributed by atoms with van der Waals surface area (Å²) in [4.78, 5) is 26.3. The molecule has 2 aliphatic heterocycles. The van der Waals surface area contributed by atoms with Crippen molar-refractivity contribution in [2.75, 3.05) is 41.9 Å². The van der Waals surface area contributed by atoms with Gasteiger partial charge in [0, 0.05) is 50.4 Å². The number of carbonyl (C=O) groups is 1. The Hall–Kier alpha value is -3.00. The second-order valence-corrected chi connectivity index (χ2v) is 8.77. The average Bonchev–Trinajstić information content (AvgIpc) is 3.52. The van der Waals surface area contributed by atoms with Crippen LogP contribution in [0.2, 0.25) is 0 Å². The molecule has 0 unspecified atom stereocenters. The first kappa shape index (κ1) is 19.9. The fourth-order valence-corrected chi connectivity index (χ4v) is 4.82. The zero-order valence-corrected chi connectivity index (χ0v) is 18.0. The third-order valence-electron chi connectivity index (χ3n) is 6.91. The first-order valence-corrected chi connectivity index (χ1v) is 10.9. The number of ether oxygens (including phenoxy) is 1. The van der Waals surface area contributed by atoms with E-state index in [0.717, 1.165) is 43.7 Å². The lowest BCUT2D eigenvalue weighted by atomic mass is 9.77. The summed E-state index contributed by atoms with van der Waals surface area (Å²) < 4.78 is 5.32. The lowest BCUT2D eigenvalue weighted by Crippen LogP contribution is -2.51. The molecular formula is C23H28N6O2. The van der Waals surface area contributed by atoms with Crippen LogP contribution in [0.15, 0.2) is 36.7 Å². The largest absolute Gasteiger partial charge is 0.378 e. The normalized spacial score (nSPS) is 23.7. The minimum absolute atomic E-state index is 0.0611. The van der Waals surface area contributed by atoms with Gasteiger partial charge < -0.3 is 25.3 Å². The van der Waals surface area contributed by atoms with Gasteiger partial charge in [-0.25, -0.2) is 9.97 Å². The van der Waals surface area contributed by atoms with Gasteiger partial charge in [0.05, 0.1) is 23.4 Å². The van der Waals surface area contributed by atoms with Crippen LogP contribution >= 0.6 is 0 Å². The van der Waals surface area contributed by atoms with Crippen molar-refractivity contribution in [1.82, 2.24) is 9.97 Å². The van der Waals surface area contributed by atoms with Crippen molar-refractivity contribution in [2.45, 2.75) is 32.3 Å². The number of methoxy groups -OCH3 is 1. The fraction of sp³-hybridized carbons (Fsp3) is 0.478. The standard InChI is InChI=1S/C23H28N6O2/c1-15(24)23(16-3-4-16)8-10-29(22(23)30)17-7-9-25-21(11-17)27-20-6-5-18(12-26-20)28-13-19(14-28)31-2/h5-7,9,11-12,16,19,24H,3-4,8,10,13-14H2,1-2H3,(H,25,26,27)/t23-/m1/s1. The molecule has 0 bridgehead atoms. The molecule has 0 aromatic carbocycles. The Labute approximate surface area is 182 Å². The lowest BCUT2D eigenvalue weighted by molar-refractivity contribution is -0.123. The zero-order valence-electron chi connectivity index (χ0n) is 18.0. The molecule has 2 aromatic heterocycles. The van der Waals surface area contributed by atoms with Crippen LogP contribution in [0.5, 0.6) is 0 Å². The molecule has 162 valence electrons. The third-order valence-corrected chi connectivity index (χ3v) is 6.91. The van der Waals surface area contributed by atoms with Gasteiger partial charge in [-0.1, -0.05) is 0 Å². The van der Waals surface area contributed by atoms with E-state index in [9.17, 15) is 4.79 Å². The molecule has 8 nitrogen and oxygen atoms in total. The smallest absolute Gasteiger partial charge is 0.239 e. The quantitative estimate of drug-likeness (QED) is 0.668. The van der Waals surface area contributed by atoms with E-state index >= 15 is 0 Å². The molecule has 8 heteroatoms. The summed E-state index contributed by atoms with van der Waals surface area (Å²) >= 11 is 0. The van der Waals surface area contributed by atoms with Gasteiger partial charge in [-0.05, 0) is 50.3 Å². The molecule has 1 aliphatic carbocycles. The van der Waals surface area contributed by atoms with Gasteiger partial charge in [-0.3, -0.25) is 4.79 Å². The molecule has 2 aromatic rings. The van der Waals surface area contributed by atoms with Crippen molar-refractivity contribution < 1.29 is 9.53 Å². The lowest BCUT2D eigenvalue weighted by Gasteiger charge is -2.39. The number of pyridine rings is 2. The van der Waals surface area contributed by atoms with Gasteiger partial charge in [0.2, 0.25) is 5.91 Å². The van der Waals surface area contributed by atoms with E-state index < -0.39 is 5.41 Å². The number of amides is 1. The second-order valence-electron chi connectivity index (χ2n) is 8.77. The molecule has 1 saturated carbocycles. The van der Waals surface area contributed by atoms with E-state index in [1.807, 2.05) is 35.4 Å². The molecule has 0 spiro atoms. The van der Waals surface area contributed by atoms with Crippen LogP contribution in [0.4, 0.5) is 23.0 Å². The SMILES string of the molecule is COC1CN(c2ccc(Nc3cc(N4CC[C@@](C(C)=N)(C5CC5)C4=O)ccn3)nc2)C1. The topological polar surface area (TPSA) is 94.4 Å². The summed E-state index contributed by atoms with van der Waals surface area (Å²) in [5.41, 5.74) is 1.78. The van der Waals surface area contributed by atoms with Crippen molar-refractivity contribution in [2.24, 2.45) is 11.3 Å². The molecule has 5 rings (SSSR count). The molecule has 1 atom stereocenters. The minimum atomic E-state index is -0.604. The highest BCUT2D eigenvalue weighted by molar-refractivity contribution is 6.15. The molecular weight excluding hydrogens is 392 g/mol. The first-order chi connectivity index (χ1) is 15.0. The summed E-state index contributed by atoms with van der Waals surface area (Å²) in [5.74, 6) is 1.73. The van der Waals surface area contributed by atoms with Crippen LogP contribution in [0.3, 0.4) is 0 Å². The molecule has 0 radical (unpaired) electrons. The number of hydrogen-bond acceptors (Lipinski definition) is 7. The van der Waals surface area contributed by atoms with E-state index in [2.05, 4.69) is 20.2 Å². The van der Waals surface area contributed by atoms with Crippen molar-refractivity contribution in [3.05, 3.63) is 36.7 Å². The van der Waals surface area contributed by atoms with E-state index in [1.54, 1.807) is 20.2 Å². The number of aromatic nitrogens is 2. The Balaban J connectivity index is 1.29. The maximum absolute atomic E-state index is 13.3. The Kier molecular flexibility index (Phi) is 4.89. The highest BCUT2D eigenvalue weighted by Crippen LogP contribution is 2.53. The number of nitrogens with zero attached hydrogens (tertiary/aromatic N) is 4. The van der Waals surface area contributed by atoms with Gasteiger partial charge in [-0.15, -0.1) is 0 Å². The Morgan fingerprint density at radius 3 is 2.65 bits per heavy atom. The van der Waals surface area contributed by atoms with Crippen LogP contribution in [-0.2, 0) is 9.53 Å². The number of hydrogen-bond donors (Lipinski definition) is 2. The summed E-state index contributed by atoms with van der Waals surface area (Å²) in [6.45, 7) is 4.19. The van der Waals surface area contributed by atoms with Gasteiger partial charge in [0.25, 0.3) is 0 Å². The monoisotopic (exact) mass is 420 g/mol. The Bertz CT molecular complexity index is 999. The van der Waals surface area contributed by atoms with Crippen LogP contribution in [0.1, 0.15) is 26.2 Å². The van der Waals surface area contributed by atoms with E-state index in [1.165, 1.54) is 0 Å². The zero-order chi connectivity index (χ0) is 21.6. The number of nitrogens with one attached hydrogen (secondary N) is 2. The van der Waals surface area contributed by atoms with E-state index in [0.29, 0.717) is 35.9 Å². The first-order valence-electron chi connectivity index (χ1n) is 10.9. The summed E-state index contributed by atoms with van der Waals surface area (Å²) in [6, 6.07) is 7.71. The molecule has 31 heavy (non-hydrogen) atoms. The van der Waals surface area contributed by atoms with Crippen molar-refractivity contribution in [3.63, 3.8) is 0 Å². The molecule has 1 amide bonds. The van der Waals surface area contributed by atoms with Crippen LogP contribution < -0.4 is 15.1 Å². The Morgan fingerprint density at radius 2 is 2.00 bits per heavy atom. The molecule has 2 N–H and O–H groups in total. The van der Waals surface area contributed by atoms with Gasteiger partial charge in [-0.2, -0.15) is 0 Å². The maximum Gasteiger partial charge on any atom is 0.239 e. The molecule has 4 heterocycles. The summed E-state index contributed by atoms with van der Waals surface area (Å²) in [5, 5.41) is 11.5. The van der Waals surface area contributed by atoms with Crippen molar-refractivity contribution in [3.8, 4) is 0 Å². The Morgan fingerprint density at radius 1 is 1.19 bits per heavy atom. The molecule has 3 fully saturated rings. The minimum Gasteiger partial charge on any atom is -0.378 e. The van der Waals surface area contributed by atoms with Gasteiger partial charge >= 0.3 is 0 Å². The molecule has 2 saturated heterocycles. The van der Waals surface area contributed by atoms with E-state index in [-0.39, 0.29) is 5.91 Å². The number of carbonyl (C=O) groups excluding carboxylic acids is 1. The van der Waals surface area contributed by atoms with Gasteiger partial charge in [0.1, 0.15) is 11.6 Å². The third kappa shape index (κ3) is 3.44. The van der Waals surface area contributed by atoms with Crippen LogP contribution in [-0.4, -0.2) is 54.4 Å². The maximum atomic E-state index is 13.3. The fourth-order valence-electron chi connectivity index (χ4n) is 4.82.